The van der Waals surface area contributed by atoms with Gasteiger partial charge in [0, 0.05) is 11.6 Å². The molecule has 5 aromatic rings. The molecule has 0 amide bonds. The third kappa shape index (κ3) is 6.69. The molecule has 2 aliphatic heterocycles. The van der Waals surface area contributed by atoms with E-state index >= 15 is 7.77 Å². The Bertz CT molecular complexity index is 2140. The van der Waals surface area contributed by atoms with E-state index < -0.39 is 11.2 Å². The molecule has 0 atom stereocenters. The van der Waals surface area contributed by atoms with Crippen LogP contribution in [0.15, 0.2) is 114 Å². The Morgan fingerprint density at radius 3 is 1.69 bits per heavy atom. The normalized spacial score (nSPS) is 15.0. The number of halogens is 2. The van der Waals surface area contributed by atoms with Gasteiger partial charge in [-0.25, -0.2) is 0 Å². The fraction of sp³-hybridized carbons (Fsp3) is 0.220. The SMILES string of the molecule is CCCOc1ccc(-c2cc(-c3ccc(OCC)cc3)n3c2N=C2C(c4ccc(OCCO)cc4)=CC(c4ccc(OCC)cc4)=[N+]2S3(F)F)cc1. The lowest BCUT2D eigenvalue weighted by Crippen LogP contribution is -2.29. The van der Waals surface area contributed by atoms with Crippen molar-refractivity contribution in [2.45, 2.75) is 27.2 Å². The van der Waals surface area contributed by atoms with Crippen molar-refractivity contribution in [2.75, 3.05) is 33.0 Å². The fourth-order valence-electron chi connectivity index (χ4n) is 6.25. The summed E-state index contributed by atoms with van der Waals surface area (Å²) in [7, 11) is 0. The number of rotatable bonds is 14. The van der Waals surface area contributed by atoms with Gasteiger partial charge in [0.15, 0.2) is 5.71 Å². The van der Waals surface area contributed by atoms with Crippen molar-refractivity contribution in [3.05, 3.63) is 120 Å². The van der Waals surface area contributed by atoms with Gasteiger partial charge in [0.1, 0.15) is 29.6 Å². The second-order valence-corrected chi connectivity index (χ2v) is 13.6. The van der Waals surface area contributed by atoms with Gasteiger partial charge >= 0.3 is 17.0 Å². The standard InChI is InChI=1S/C41H40F2N3O5S/c1-4-24-50-34-15-7-28(8-16-34)36-26-38(30-11-19-32(20-12-30)48-5-2)45-40(36)44-41-37(29-9-17-35(18-10-29)51-25-23-47)27-39(46(41)52(45,42)43)31-13-21-33(22-14-31)49-6-3/h7-22,26-27,47H,4-6,23-25H2,1-3H3/q+1. The summed E-state index contributed by atoms with van der Waals surface area (Å²) in [5.41, 5.74) is 4.44. The molecular formula is C41H40F2N3O5S+. The summed E-state index contributed by atoms with van der Waals surface area (Å²) in [5.74, 6) is 2.90. The summed E-state index contributed by atoms with van der Waals surface area (Å²) >= 11 is -4.81. The smallest absolute Gasteiger partial charge is 0.349 e. The maximum atomic E-state index is 17.8. The van der Waals surface area contributed by atoms with Crippen LogP contribution < -0.4 is 18.9 Å². The third-order valence-corrected chi connectivity index (χ3v) is 10.2. The van der Waals surface area contributed by atoms with E-state index in [9.17, 15) is 5.11 Å². The number of ether oxygens (including phenoxy) is 4. The van der Waals surface area contributed by atoms with E-state index in [0.717, 1.165) is 19.9 Å². The molecule has 0 bridgehead atoms. The zero-order valence-corrected chi connectivity index (χ0v) is 30.0. The van der Waals surface area contributed by atoms with Crippen LogP contribution in [0.25, 0.3) is 28.0 Å². The molecule has 0 saturated carbocycles. The van der Waals surface area contributed by atoms with E-state index in [1.54, 1.807) is 72.8 Å². The van der Waals surface area contributed by atoms with Gasteiger partial charge in [-0.2, -0.15) is 3.97 Å². The van der Waals surface area contributed by atoms with Crippen LogP contribution in [0, 0.1) is 0 Å². The van der Waals surface area contributed by atoms with Crippen LogP contribution in [-0.4, -0.2) is 57.6 Å². The quantitative estimate of drug-likeness (QED) is 0.116. The van der Waals surface area contributed by atoms with Crippen LogP contribution in [0.5, 0.6) is 23.0 Å². The van der Waals surface area contributed by atoms with Crippen LogP contribution in [-0.2, 0) is 0 Å². The number of hydrogen-bond acceptors (Lipinski definition) is 6. The largest absolute Gasteiger partial charge is 0.494 e. The minimum absolute atomic E-state index is 0.119. The first-order chi connectivity index (χ1) is 25.4. The maximum absolute atomic E-state index is 17.8. The lowest BCUT2D eigenvalue weighted by molar-refractivity contribution is -0.226. The molecule has 11 heteroatoms. The Balaban J connectivity index is 1.44. The minimum Gasteiger partial charge on any atom is -0.494 e. The van der Waals surface area contributed by atoms with Crippen LogP contribution in [0.3, 0.4) is 0 Å². The van der Waals surface area contributed by atoms with E-state index in [4.69, 9.17) is 23.9 Å². The van der Waals surface area contributed by atoms with Crippen molar-refractivity contribution in [3.8, 4) is 45.4 Å². The number of fused-ring (bicyclic) bond motifs is 2. The summed E-state index contributed by atoms with van der Waals surface area (Å²) in [6, 6.07) is 30.8. The molecule has 0 saturated heterocycles. The average Bonchev–Trinajstić information content (AvgIpc) is 3.75. The number of nitrogens with zero attached hydrogens (tertiary/aromatic N) is 3. The molecule has 4 aromatic carbocycles. The van der Waals surface area contributed by atoms with Gasteiger partial charge < -0.3 is 24.1 Å². The molecule has 0 unspecified atom stereocenters. The van der Waals surface area contributed by atoms with Gasteiger partial charge in [0.05, 0.1) is 43.3 Å². The van der Waals surface area contributed by atoms with Gasteiger partial charge in [-0.1, -0.05) is 39.0 Å². The van der Waals surface area contributed by atoms with Gasteiger partial charge in [0.2, 0.25) is 0 Å². The molecule has 0 aliphatic carbocycles. The highest BCUT2D eigenvalue weighted by Crippen LogP contribution is 2.64. The van der Waals surface area contributed by atoms with Crippen LogP contribution in [0.2, 0.25) is 0 Å². The zero-order chi connectivity index (χ0) is 36.2. The predicted molar refractivity (Wildman–Crippen MR) is 204 cm³/mol. The summed E-state index contributed by atoms with van der Waals surface area (Å²) in [6.07, 6.45) is 2.65. The Labute approximate surface area is 304 Å². The van der Waals surface area contributed by atoms with Crippen molar-refractivity contribution >= 4 is 34.1 Å². The third-order valence-electron chi connectivity index (χ3n) is 8.60. The average molecular weight is 725 g/mol. The summed E-state index contributed by atoms with van der Waals surface area (Å²) in [4.78, 5) is 5.11. The van der Waals surface area contributed by atoms with Crippen LogP contribution in [0.1, 0.15) is 38.3 Å². The van der Waals surface area contributed by atoms with Crippen molar-refractivity contribution in [1.29, 1.82) is 0 Å². The number of aromatic nitrogens is 1. The Hall–Kier alpha value is -5.39. The number of aliphatic hydroxyl groups is 1. The molecule has 7 rings (SSSR count). The first kappa shape index (κ1) is 35.0. The Kier molecular flexibility index (Phi) is 10.2. The molecule has 1 aromatic heterocycles. The second-order valence-electron chi connectivity index (χ2n) is 12.0. The number of benzene rings is 4. The summed E-state index contributed by atoms with van der Waals surface area (Å²) < 4.78 is 60.5. The van der Waals surface area contributed by atoms with Crippen molar-refractivity contribution in [1.82, 2.24) is 3.97 Å². The van der Waals surface area contributed by atoms with Crippen molar-refractivity contribution in [2.24, 2.45) is 4.99 Å². The van der Waals surface area contributed by atoms with E-state index in [2.05, 4.69) is 0 Å². The topological polar surface area (TPSA) is 77.5 Å². The number of allylic oxidation sites excluding steroid dienone is 1. The number of aliphatic imine (C=N–C) groups is 1. The molecular weight excluding hydrogens is 685 g/mol. The zero-order valence-electron chi connectivity index (χ0n) is 29.2. The van der Waals surface area contributed by atoms with E-state index in [0.29, 0.717) is 82.1 Å². The minimum atomic E-state index is -4.81. The van der Waals surface area contributed by atoms with Crippen LogP contribution >= 0.6 is 11.2 Å². The fourth-order valence-corrected chi connectivity index (χ4v) is 7.90. The highest BCUT2D eigenvalue weighted by atomic mass is 32.3. The molecule has 8 nitrogen and oxygen atoms in total. The molecule has 268 valence electrons. The Morgan fingerprint density at radius 2 is 1.15 bits per heavy atom. The molecule has 0 spiro atoms. The number of aliphatic hydroxyl groups excluding tert-OH is 1. The van der Waals surface area contributed by atoms with Gasteiger partial charge in [-0.15, -0.1) is 3.98 Å². The molecule has 2 aliphatic rings. The van der Waals surface area contributed by atoms with Crippen LogP contribution in [0.4, 0.5) is 13.6 Å². The Morgan fingerprint density at radius 1 is 0.654 bits per heavy atom. The first-order valence-electron chi connectivity index (χ1n) is 17.4. The van der Waals surface area contributed by atoms with E-state index in [-0.39, 0.29) is 24.9 Å². The summed E-state index contributed by atoms with van der Waals surface area (Å²) in [6.45, 7) is 7.44. The van der Waals surface area contributed by atoms with Gasteiger partial charge in [-0.05, 0) is 121 Å². The van der Waals surface area contributed by atoms with E-state index in [1.807, 2.05) is 57.2 Å². The molecule has 1 N–H and O–H groups in total. The van der Waals surface area contributed by atoms with Crippen molar-refractivity contribution < 1.29 is 35.8 Å². The lowest BCUT2D eigenvalue weighted by atomic mass is 10.0. The molecule has 3 heterocycles. The second kappa shape index (κ2) is 15.1. The maximum Gasteiger partial charge on any atom is 0.349 e. The highest BCUT2D eigenvalue weighted by Gasteiger charge is 2.53. The molecule has 0 radical (unpaired) electrons. The van der Waals surface area contributed by atoms with Crippen molar-refractivity contribution in [3.63, 3.8) is 0 Å². The monoisotopic (exact) mass is 724 g/mol. The lowest BCUT2D eigenvalue weighted by Gasteiger charge is -2.27. The van der Waals surface area contributed by atoms with E-state index in [1.165, 1.54) is 0 Å². The van der Waals surface area contributed by atoms with Gasteiger partial charge in [-0.3, -0.25) is 0 Å². The molecule has 52 heavy (non-hydrogen) atoms. The highest BCUT2D eigenvalue weighted by molar-refractivity contribution is 8.19. The first-order valence-corrected chi connectivity index (χ1v) is 18.7. The number of amidine groups is 1. The number of hydrogen-bond donors (Lipinski definition) is 1. The predicted octanol–water partition coefficient (Wildman–Crippen LogP) is 9.67. The summed E-state index contributed by atoms with van der Waals surface area (Å²) in [5, 5.41) is 9.21. The van der Waals surface area contributed by atoms with Gasteiger partial charge in [0.25, 0.3) is 5.82 Å². The molecule has 0 fully saturated rings.